The Hall–Kier alpha value is -1.84. The molecule has 0 spiro atoms. The largest absolute Gasteiger partial charge is 0.481 e. The van der Waals surface area contributed by atoms with E-state index in [1.807, 2.05) is 43.7 Å². The molecule has 2 aromatic rings. The first-order valence-corrected chi connectivity index (χ1v) is 6.17. The topological polar surface area (TPSA) is 55.1 Å². The van der Waals surface area contributed by atoms with Crippen molar-refractivity contribution in [3.05, 3.63) is 29.6 Å². The van der Waals surface area contributed by atoms with E-state index in [1.54, 1.807) is 0 Å². The van der Waals surface area contributed by atoms with Crippen LogP contribution in [0.1, 0.15) is 24.7 Å². The van der Waals surface area contributed by atoms with Crippen LogP contribution in [0.25, 0.3) is 11.0 Å². The van der Waals surface area contributed by atoms with Gasteiger partial charge in [-0.2, -0.15) is 0 Å². The number of carboxylic acids is 1. The molecule has 18 heavy (non-hydrogen) atoms. The quantitative estimate of drug-likeness (QED) is 0.902. The van der Waals surface area contributed by atoms with Crippen LogP contribution < -0.4 is 0 Å². The average molecular weight is 246 g/mol. The third-order valence-corrected chi connectivity index (χ3v) is 3.49. The Bertz CT molecular complexity index is 587. The minimum absolute atomic E-state index is 0.313. The molecule has 1 aromatic heterocycles. The van der Waals surface area contributed by atoms with Crippen LogP contribution in [0.3, 0.4) is 0 Å². The van der Waals surface area contributed by atoms with E-state index in [4.69, 9.17) is 5.11 Å². The lowest BCUT2D eigenvalue weighted by Crippen LogP contribution is -2.15. The molecule has 0 fully saturated rings. The van der Waals surface area contributed by atoms with Crippen molar-refractivity contribution in [1.29, 1.82) is 0 Å². The summed E-state index contributed by atoms with van der Waals surface area (Å²) in [6.45, 7) is 3.87. The predicted molar refractivity (Wildman–Crippen MR) is 70.6 cm³/mol. The molecular weight excluding hydrogens is 228 g/mol. The van der Waals surface area contributed by atoms with Crippen molar-refractivity contribution in [3.63, 3.8) is 0 Å². The van der Waals surface area contributed by atoms with Crippen molar-refractivity contribution in [2.45, 2.75) is 26.7 Å². The van der Waals surface area contributed by atoms with Crippen molar-refractivity contribution in [3.8, 4) is 0 Å². The minimum Gasteiger partial charge on any atom is -0.481 e. The Morgan fingerprint density at radius 2 is 2.22 bits per heavy atom. The maximum absolute atomic E-state index is 11.0. The molecule has 1 N–H and O–H groups in total. The first-order chi connectivity index (χ1) is 8.52. The monoisotopic (exact) mass is 246 g/mol. The maximum Gasteiger partial charge on any atom is 0.306 e. The van der Waals surface area contributed by atoms with Gasteiger partial charge in [0.25, 0.3) is 0 Å². The summed E-state index contributed by atoms with van der Waals surface area (Å²) in [5, 5.41) is 9.08. The van der Waals surface area contributed by atoms with Gasteiger partial charge in [-0.3, -0.25) is 4.79 Å². The summed E-state index contributed by atoms with van der Waals surface area (Å²) in [5.74, 6) is -0.0746. The molecule has 96 valence electrons. The van der Waals surface area contributed by atoms with E-state index in [-0.39, 0.29) is 5.92 Å². The predicted octanol–water partition coefficient (Wildman–Crippen LogP) is 2.54. The molecule has 0 amide bonds. The highest BCUT2D eigenvalue weighted by Gasteiger charge is 2.16. The normalized spacial score (nSPS) is 12.8. The van der Waals surface area contributed by atoms with Crippen LogP contribution in [0.2, 0.25) is 0 Å². The molecule has 1 atom stereocenters. The molecule has 0 saturated carbocycles. The Labute approximate surface area is 106 Å². The molecule has 0 radical (unpaired) electrons. The van der Waals surface area contributed by atoms with Crippen LogP contribution in [0, 0.1) is 12.8 Å². The van der Waals surface area contributed by atoms with Crippen LogP contribution in [0.4, 0.5) is 0 Å². The number of carboxylic acid groups (broad SMARTS) is 1. The second-order valence-corrected chi connectivity index (χ2v) is 4.69. The number of nitrogens with zero attached hydrogens (tertiary/aromatic N) is 2. The molecule has 4 nitrogen and oxygen atoms in total. The van der Waals surface area contributed by atoms with Crippen molar-refractivity contribution in [2.24, 2.45) is 13.0 Å². The van der Waals surface area contributed by atoms with E-state index in [1.165, 1.54) is 0 Å². The summed E-state index contributed by atoms with van der Waals surface area (Å²) in [4.78, 5) is 15.5. The smallest absolute Gasteiger partial charge is 0.306 e. The molecule has 0 aliphatic rings. The van der Waals surface area contributed by atoms with Crippen LogP contribution in [-0.2, 0) is 18.3 Å². The Kier molecular flexibility index (Phi) is 3.36. The number of aryl methyl sites for hydroxylation is 2. The molecule has 1 heterocycles. The second-order valence-electron chi connectivity index (χ2n) is 4.69. The van der Waals surface area contributed by atoms with Gasteiger partial charge in [-0.1, -0.05) is 13.0 Å². The van der Waals surface area contributed by atoms with E-state index >= 15 is 0 Å². The summed E-state index contributed by atoms with van der Waals surface area (Å²) >= 11 is 0. The minimum atomic E-state index is -0.727. The summed E-state index contributed by atoms with van der Waals surface area (Å²) < 4.78 is 2.04. The zero-order valence-corrected chi connectivity index (χ0v) is 11.0. The number of aromatic nitrogens is 2. The highest BCUT2D eigenvalue weighted by molar-refractivity contribution is 5.77. The van der Waals surface area contributed by atoms with Crippen molar-refractivity contribution < 1.29 is 9.90 Å². The third kappa shape index (κ3) is 2.23. The van der Waals surface area contributed by atoms with Gasteiger partial charge in [0.2, 0.25) is 0 Å². The Morgan fingerprint density at radius 1 is 1.50 bits per heavy atom. The Balaban J connectivity index is 2.33. The van der Waals surface area contributed by atoms with Gasteiger partial charge >= 0.3 is 5.97 Å². The van der Waals surface area contributed by atoms with Gasteiger partial charge in [-0.15, -0.1) is 0 Å². The van der Waals surface area contributed by atoms with E-state index in [0.29, 0.717) is 12.8 Å². The van der Waals surface area contributed by atoms with Crippen LogP contribution in [0.15, 0.2) is 18.2 Å². The van der Waals surface area contributed by atoms with Crippen molar-refractivity contribution in [1.82, 2.24) is 9.55 Å². The fourth-order valence-corrected chi connectivity index (χ4v) is 2.18. The maximum atomic E-state index is 11.0. The van der Waals surface area contributed by atoms with Gasteiger partial charge in [0.1, 0.15) is 5.82 Å². The van der Waals surface area contributed by atoms with E-state index < -0.39 is 5.97 Å². The van der Waals surface area contributed by atoms with Crippen LogP contribution >= 0.6 is 0 Å². The fourth-order valence-electron chi connectivity index (χ4n) is 2.18. The molecule has 1 aromatic carbocycles. The van der Waals surface area contributed by atoms with E-state index in [0.717, 1.165) is 22.4 Å². The molecule has 0 saturated heterocycles. The number of fused-ring (bicyclic) bond motifs is 1. The van der Waals surface area contributed by atoms with Gasteiger partial charge in [-0.05, 0) is 37.5 Å². The first kappa shape index (κ1) is 12.6. The van der Waals surface area contributed by atoms with E-state index in [2.05, 4.69) is 4.98 Å². The van der Waals surface area contributed by atoms with Crippen molar-refractivity contribution >= 4 is 17.0 Å². The number of hydrogen-bond donors (Lipinski definition) is 1. The average Bonchev–Trinajstić information content (AvgIpc) is 2.61. The van der Waals surface area contributed by atoms with Gasteiger partial charge in [0.15, 0.2) is 0 Å². The van der Waals surface area contributed by atoms with Gasteiger partial charge in [0.05, 0.1) is 17.0 Å². The van der Waals surface area contributed by atoms with Crippen molar-refractivity contribution in [2.75, 3.05) is 0 Å². The van der Waals surface area contributed by atoms with Gasteiger partial charge < -0.3 is 9.67 Å². The van der Waals surface area contributed by atoms with Crippen LogP contribution in [0.5, 0.6) is 0 Å². The molecule has 0 aliphatic heterocycles. The van der Waals surface area contributed by atoms with Gasteiger partial charge in [0, 0.05) is 7.05 Å². The molecule has 0 aliphatic carbocycles. The number of benzene rings is 1. The molecule has 1 unspecified atom stereocenters. The molecule has 4 heteroatoms. The highest BCUT2D eigenvalue weighted by Crippen LogP contribution is 2.19. The number of rotatable bonds is 4. The summed E-state index contributed by atoms with van der Waals surface area (Å²) in [7, 11) is 1.98. The highest BCUT2D eigenvalue weighted by atomic mass is 16.4. The standard InChI is InChI=1S/C14H18N2O2/c1-4-11(14(17)18)7-10-5-6-13-12(8-10)15-9(2)16(13)3/h5-6,8,11H,4,7H2,1-3H3,(H,17,18). The molecule has 0 bridgehead atoms. The summed E-state index contributed by atoms with van der Waals surface area (Å²) in [5.41, 5.74) is 3.06. The van der Waals surface area contributed by atoms with Crippen LogP contribution in [-0.4, -0.2) is 20.6 Å². The fraction of sp³-hybridized carbons (Fsp3) is 0.429. The summed E-state index contributed by atoms with van der Waals surface area (Å²) in [6, 6.07) is 6.00. The number of hydrogen-bond acceptors (Lipinski definition) is 2. The van der Waals surface area contributed by atoms with E-state index in [9.17, 15) is 4.79 Å². The molecular formula is C14H18N2O2. The number of imidazole rings is 1. The lowest BCUT2D eigenvalue weighted by atomic mass is 9.97. The lowest BCUT2D eigenvalue weighted by molar-refractivity contribution is -0.141. The first-order valence-electron chi connectivity index (χ1n) is 6.17. The zero-order valence-electron chi connectivity index (χ0n) is 11.0. The second kappa shape index (κ2) is 4.80. The number of carbonyl (C=O) groups is 1. The molecule has 2 rings (SSSR count). The third-order valence-electron chi connectivity index (χ3n) is 3.49. The number of aliphatic carboxylic acids is 1. The SMILES string of the molecule is CCC(Cc1ccc2c(c1)nc(C)n2C)C(=O)O. The van der Waals surface area contributed by atoms with Gasteiger partial charge in [-0.25, -0.2) is 4.98 Å². The lowest BCUT2D eigenvalue weighted by Gasteiger charge is -2.09. The Morgan fingerprint density at radius 3 is 2.83 bits per heavy atom. The zero-order chi connectivity index (χ0) is 13.3. The summed E-state index contributed by atoms with van der Waals surface area (Å²) in [6.07, 6.45) is 1.21.